The maximum absolute atomic E-state index is 12.0. The number of nitrogens with two attached hydrogens (primary N) is 1. The van der Waals surface area contributed by atoms with Gasteiger partial charge in [-0.15, -0.1) is 0 Å². The third kappa shape index (κ3) is 4.30. The van der Waals surface area contributed by atoms with Gasteiger partial charge in [0.15, 0.2) is 0 Å². The van der Waals surface area contributed by atoms with Gasteiger partial charge >= 0.3 is 0 Å². The van der Waals surface area contributed by atoms with Crippen molar-refractivity contribution in [3.05, 3.63) is 0 Å². The van der Waals surface area contributed by atoms with Crippen LogP contribution >= 0.6 is 0 Å². The second-order valence-electron chi connectivity index (χ2n) is 5.56. The average molecular weight is 240 g/mol. The molecule has 100 valence electrons. The number of carbonyl (C=O) groups excluding carboxylic acids is 1. The third-order valence-electron chi connectivity index (χ3n) is 4.27. The van der Waals surface area contributed by atoms with Gasteiger partial charge in [0.2, 0.25) is 5.91 Å². The molecule has 3 heteroatoms. The number of amides is 1. The van der Waals surface area contributed by atoms with Gasteiger partial charge in [0.05, 0.1) is 6.04 Å². The molecular weight excluding hydrogens is 212 g/mol. The van der Waals surface area contributed by atoms with Crippen LogP contribution in [0.4, 0.5) is 0 Å². The largest absolute Gasteiger partial charge is 0.352 e. The van der Waals surface area contributed by atoms with Crippen LogP contribution in [0.2, 0.25) is 0 Å². The van der Waals surface area contributed by atoms with Gasteiger partial charge in [-0.05, 0) is 24.7 Å². The van der Waals surface area contributed by atoms with Crippen LogP contribution in [0.3, 0.4) is 0 Å². The van der Waals surface area contributed by atoms with E-state index >= 15 is 0 Å². The van der Waals surface area contributed by atoms with Crippen molar-refractivity contribution in [3.8, 4) is 0 Å². The number of rotatable bonds is 5. The molecule has 1 saturated carbocycles. The Labute approximate surface area is 106 Å². The van der Waals surface area contributed by atoms with E-state index in [0.29, 0.717) is 6.04 Å². The maximum Gasteiger partial charge on any atom is 0.237 e. The fourth-order valence-electron chi connectivity index (χ4n) is 2.60. The molecule has 1 amide bonds. The second kappa shape index (κ2) is 7.00. The number of nitrogens with one attached hydrogen (secondary N) is 1. The first-order chi connectivity index (χ1) is 8.08. The van der Waals surface area contributed by atoms with Crippen LogP contribution < -0.4 is 11.1 Å². The van der Waals surface area contributed by atoms with E-state index in [9.17, 15) is 4.79 Å². The standard InChI is InChI=1S/C14H28N2O/c1-4-10(3)13(15)14(17)16-12-8-6-7-11(5-2)9-12/h10-13H,4-9,15H2,1-3H3,(H,16,17)/t10?,11?,12?,13-/m0/s1. The molecule has 0 aromatic heterocycles. The van der Waals surface area contributed by atoms with Crippen molar-refractivity contribution < 1.29 is 4.79 Å². The zero-order valence-electron chi connectivity index (χ0n) is 11.5. The van der Waals surface area contributed by atoms with Crippen LogP contribution in [0.1, 0.15) is 59.3 Å². The molecule has 3 unspecified atom stereocenters. The number of carbonyl (C=O) groups is 1. The highest BCUT2D eigenvalue weighted by Gasteiger charge is 2.25. The molecule has 0 radical (unpaired) electrons. The highest BCUT2D eigenvalue weighted by atomic mass is 16.2. The molecular formula is C14H28N2O. The molecule has 1 fully saturated rings. The Balaban J connectivity index is 2.40. The highest BCUT2D eigenvalue weighted by molar-refractivity contribution is 5.82. The molecule has 0 bridgehead atoms. The zero-order chi connectivity index (χ0) is 12.8. The Hall–Kier alpha value is -0.570. The molecule has 0 aromatic carbocycles. The molecule has 3 N–H and O–H groups in total. The van der Waals surface area contributed by atoms with Crippen molar-refractivity contribution in [1.29, 1.82) is 0 Å². The average Bonchev–Trinajstić information content (AvgIpc) is 2.37. The van der Waals surface area contributed by atoms with E-state index in [1.165, 1.54) is 19.3 Å². The minimum atomic E-state index is -0.345. The van der Waals surface area contributed by atoms with E-state index < -0.39 is 0 Å². The van der Waals surface area contributed by atoms with Crippen molar-refractivity contribution in [1.82, 2.24) is 5.32 Å². The summed E-state index contributed by atoms with van der Waals surface area (Å²) in [6.07, 6.45) is 6.99. The quantitative estimate of drug-likeness (QED) is 0.775. The summed E-state index contributed by atoms with van der Waals surface area (Å²) in [5.74, 6) is 1.09. The lowest BCUT2D eigenvalue weighted by molar-refractivity contribution is -0.124. The van der Waals surface area contributed by atoms with Crippen molar-refractivity contribution in [2.24, 2.45) is 17.6 Å². The smallest absolute Gasteiger partial charge is 0.237 e. The Morgan fingerprint density at radius 1 is 1.41 bits per heavy atom. The summed E-state index contributed by atoms with van der Waals surface area (Å²) in [6, 6.07) is 0.0123. The van der Waals surface area contributed by atoms with Crippen molar-refractivity contribution >= 4 is 5.91 Å². The van der Waals surface area contributed by atoms with E-state index in [1.54, 1.807) is 0 Å². The first kappa shape index (κ1) is 14.5. The summed E-state index contributed by atoms with van der Waals surface area (Å²) < 4.78 is 0. The monoisotopic (exact) mass is 240 g/mol. The van der Waals surface area contributed by atoms with Crippen LogP contribution in [0.5, 0.6) is 0 Å². The molecule has 1 aliphatic rings. The molecule has 0 saturated heterocycles. The minimum Gasteiger partial charge on any atom is -0.352 e. The van der Waals surface area contributed by atoms with Gasteiger partial charge in [-0.25, -0.2) is 0 Å². The summed E-state index contributed by atoms with van der Waals surface area (Å²) >= 11 is 0. The minimum absolute atomic E-state index is 0.0427. The lowest BCUT2D eigenvalue weighted by Gasteiger charge is -2.30. The molecule has 1 rings (SSSR count). The normalized spacial score (nSPS) is 28.5. The summed E-state index contributed by atoms with van der Waals surface area (Å²) in [6.45, 7) is 6.35. The van der Waals surface area contributed by atoms with Crippen LogP contribution in [0.15, 0.2) is 0 Å². The topological polar surface area (TPSA) is 55.1 Å². The van der Waals surface area contributed by atoms with E-state index in [-0.39, 0.29) is 17.9 Å². The Morgan fingerprint density at radius 2 is 2.12 bits per heavy atom. The fraction of sp³-hybridized carbons (Fsp3) is 0.929. The first-order valence-electron chi connectivity index (χ1n) is 7.14. The van der Waals surface area contributed by atoms with E-state index in [0.717, 1.165) is 25.2 Å². The van der Waals surface area contributed by atoms with Gasteiger partial charge in [0.1, 0.15) is 0 Å². The van der Waals surface area contributed by atoms with Crippen LogP contribution in [-0.4, -0.2) is 18.0 Å². The predicted molar refractivity (Wildman–Crippen MR) is 71.6 cm³/mol. The van der Waals surface area contributed by atoms with Gasteiger partial charge in [-0.3, -0.25) is 4.79 Å². The molecule has 0 heterocycles. The van der Waals surface area contributed by atoms with Gasteiger partial charge < -0.3 is 11.1 Å². The van der Waals surface area contributed by atoms with Crippen molar-refractivity contribution in [2.75, 3.05) is 0 Å². The predicted octanol–water partition coefficient (Wildman–Crippen LogP) is 2.44. The molecule has 3 nitrogen and oxygen atoms in total. The van der Waals surface area contributed by atoms with E-state index in [1.807, 2.05) is 6.92 Å². The fourth-order valence-corrected chi connectivity index (χ4v) is 2.60. The zero-order valence-corrected chi connectivity index (χ0v) is 11.5. The summed E-state index contributed by atoms with van der Waals surface area (Å²) in [5.41, 5.74) is 5.94. The lowest BCUT2D eigenvalue weighted by atomic mass is 9.84. The van der Waals surface area contributed by atoms with E-state index in [4.69, 9.17) is 5.73 Å². The third-order valence-corrected chi connectivity index (χ3v) is 4.27. The number of hydrogen-bond donors (Lipinski definition) is 2. The maximum atomic E-state index is 12.0. The number of hydrogen-bond acceptors (Lipinski definition) is 2. The van der Waals surface area contributed by atoms with E-state index in [2.05, 4.69) is 19.2 Å². The van der Waals surface area contributed by atoms with Gasteiger partial charge in [0, 0.05) is 6.04 Å². The Morgan fingerprint density at radius 3 is 2.71 bits per heavy atom. The highest BCUT2D eigenvalue weighted by Crippen LogP contribution is 2.26. The summed E-state index contributed by atoms with van der Waals surface area (Å²) in [5, 5.41) is 3.13. The Kier molecular flexibility index (Phi) is 5.96. The summed E-state index contributed by atoms with van der Waals surface area (Å²) in [4.78, 5) is 12.0. The van der Waals surface area contributed by atoms with Crippen LogP contribution in [0, 0.1) is 11.8 Å². The molecule has 0 spiro atoms. The SMILES string of the molecule is CCC1CCCC(NC(=O)[C@@H](N)C(C)CC)C1. The van der Waals surface area contributed by atoms with Gasteiger partial charge in [-0.1, -0.05) is 46.5 Å². The van der Waals surface area contributed by atoms with Crippen molar-refractivity contribution in [2.45, 2.75) is 71.4 Å². The second-order valence-corrected chi connectivity index (χ2v) is 5.56. The molecule has 0 aliphatic heterocycles. The van der Waals surface area contributed by atoms with Gasteiger partial charge in [-0.2, -0.15) is 0 Å². The molecule has 4 atom stereocenters. The lowest BCUT2D eigenvalue weighted by Crippen LogP contribution is -2.49. The molecule has 0 aromatic rings. The Bertz CT molecular complexity index is 242. The van der Waals surface area contributed by atoms with Crippen molar-refractivity contribution in [3.63, 3.8) is 0 Å². The van der Waals surface area contributed by atoms with Gasteiger partial charge in [0.25, 0.3) is 0 Å². The first-order valence-corrected chi connectivity index (χ1v) is 7.14. The van der Waals surface area contributed by atoms with Crippen LogP contribution in [0.25, 0.3) is 0 Å². The summed E-state index contributed by atoms with van der Waals surface area (Å²) in [7, 11) is 0. The molecule has 17 heavy (non-hydrogen) atoms. The molecule has 1 aliphatic carbocycles. The van der Waals surface area contributed by atoms with Crippen LogP contribution in [-0.2, 0) is 4.79 Å².